The number of rotatable bonds is 0. The van der Waals surface area contributed by atoms with Gasteiger partial charge in [-0.15, -0.1) is 0 Å². The van der Waals surface area contributed by atoms with Crippen LogP contribution in [-0.2, 0) is 32.5 Å². The fraction of sp³-hybridized carbons (Fsp3) is 0.250. The summed E-state index contributed by atoms with van der Waals surface area (Å²) in [6.07, 6.45) is 0. The third-order valence-corrected chi connectivity index (χ3v) is 30.4. The zero-order chi connectivity index (χ0) is 121. The van der Waals surface area contributed by atoms with Gasteiger partial charge < -0.3 is 26.5 Å². The fourth-order valence-electron chi connectivity index (χ4n) is 24.8. The Bertz CT molecular complexity index is 10900. The standard InChI is InChI=1S/3C26H24O.3C22H22O/c1-15-12-16(2)24(26(3,4)5)25-23(15)21-13-18-11-10-17-8-6-7-9-19(17)20(18)14-22(21)27-25;1-15-14-16(2)23(26(3,4)5)25-21(15)20-13-12-18-11-10-17-8-6-7-9-19(17)22(18)24(20)27-25;1-15-14-16(2)23(26(3,4)5)25-22(15)21-13-12-19-18-9-7-6-8-17(18)10-11-20(19)24(21)27-25;1-13-10-14(2)20(22(3,4)5)21-19(13)17-11-15-8-6-7-9-16(15)12-18(17)23-21;1-13-12-14(2)20(22(3,4)5)21-18(13)19-16-9-7-6-8-15(16)10-11-17(19)23-21;1-13-12-14(2)19(22(3,4)5)21-18(13)17-11-10-15-8-6-7-9-16(15)20(17)23-21/h3*6-14H,1-5H3;3*6-12H,1-5H3/i6*1D3. The van der Waals surface area contributed by atoms with Crippen LogP contribution >= 0.6 is 0 Å². The Morgan fingerprint density at radius 3 is 0.820 bits per heavy atom. The van der Waals surface area contributed by atoms with Crippen LogP contribution in [0.5, 0.6) is 0 Å². The summed E-state index contributed by atoms with van der Waals surface area (Å²) >= 11 is 0. The summed E-state index contributed by atoms with van der Waals surface area (Å²) in [6, 6.07) is 97.0. The molecule has 0 fully saturated rings. The van der Waals surface area contributed by atoms with Crippen molar-refractivity contribution in [3.05, 3.63) is 391 Å². The first-order chi connectivity index (χ1) is 78.4. The first-order valence-corrected chi connectivity index (χ1v) is 52.1. The molecule has 0 radical (unpaired) electrons. The van der Waals surface area contributed by atoms with E-state index in [4.69, 9.17) is 51.2 Å². The zero-order valence-corrected chi connectivity index (χ0v) is 90.2. The predicted molar refractivity (Wildman–Crippen MR) is 649 cm³/mol. The van der Waals surface area contributed by atoms with Gasteiger partial charge in [0.15, 0.2) is 0 Å². The quantitative estimate of drug-likeness (QED) is 0.141. The van der Waals surface area contributed by atoms with Crippen molar-refractivity contribution >= 4 is 229 Å². The molecule has 0 atom stereocenters. The minimum absolute atomic E-state index is 0.150. The molecule has 21 aromatic carbocycles. The third-order valence-electron chi connectivity index (χ3n) is 30.4. The van der Waals surface area contributed by atoms with Crippen LogP contribution in [0.4, 0.5) is 0 Å². The molecule has 0 spiro atoms. The number of fused-ring (bicyclic) bond motifs is 34. The van der Waals surface area contributed by atoms with Gasteiger partial charge in [0.25, 0.3) is 0 Å². The van der Waals surface area contributed by atoms with Crippen molar-refractivity contribution in [3.8, 4) is 0 Å². The maximum Gasteiger partial charge on any atom is 0.143 e. The molecule has 150 heavy (non-hydrogen) atoms. The Hall–Kier alpha value is -15.2. The van der Waals surface area contributed by atoms with Gasteiger partial charge >= 0.3 is 0 Å². The second-order valence-corrected chi connectivity index (χ2v) is 47.6. The maximum absolute atomic E-state index is 8.18. The van der Waals surface area contributed by atoms with Crippen molar-refractivity contribution in [2.24, 2.45) is 0 Å². The lowest BCUT2D eigenvalue weighted by Gasteiger charge is -2.22. The second kappa shape index (κ2) is 36.3. The number of hydrogen-bond donors (Lipinski definition) is 0. The minimum Gasteiger partial charge on any atom is -0.456 e. The predicted octanol–water partition coefficient (Wildman–Crippen LogP) is 43.4. The molecule has 0 bridgehead atoms. The van der Waals surface area contributed by atoms with Gasteiger partial charge in [0.1, 0.15) is 67.0 Å². The summed E-state index contributed by atoms with van der Waals surface area (Å²) < 4.78 is 185. The molecule has 6 heteroatoms. The number of hydrogen-bond acceptors (Lipinski definition) is 6. The lowest BCUT2D eigenvalue weighted by Crippen LogP contribution is -2.13. The molecule has 6 nitrogen and oxygen atoms in total. The molecule has 6 aromatic heterocycles. The lowest BCUT2D eigenvalue weighted by atomic mass is 9.82. The van der Waals surface area contributed by atoms with E-state index in [1.165, 1.54) is 21.5 Å². The van der Waals surface area contributed by atoms with E-state index >= 15 is 0 Å². The Morgan fingerprint density at radius 2 is 0.400 bits per heavy atom. The van der Waals surface area contributed by atoms with Gasteiger partial charge in [-0.2, -0.15) is 0 Å². The van der Waals surface area contributed by atoms with Gasteiger partial charge in [-0.25, -0.2) is 0 Å². The van der Waals surface area contributed by atoms with E-state index in [1.54, 1.807) is 0 Å². The molecule has 0 aliphatic heterocycles. The Morgan fingerprint density at radius 1 is 0.147 bits per heavy atom. The van der Waals surface area contributed by atoms with Crippen LogP contribution in [0.2, 0.25) is 0 Å². The molecule has 0 amide bonds. The molecule has 0 aliphatic rings. The summed E-state index contributed by atoms with van der Waals surface area (Å²) in [6.45, 7) is 37.1. The summed E-state index contributed by atoms with van der Waals surface area (Å²) in [5, 5.41) is 29.3. The van der Waals surface area contributed by atoms with Gasteiger partial charge in [0.2, 0.25) is 0 Å². The van der Waals surface area contributed by atoms with E-state index in [2.05, 4.69) is 222 Å². The van der Waals surface area contributed by atoms with E-state index in [0.717, 1.165) is 240 Å². The van der Waals surface area contributed by atoms with Crippen molar-refractivity contribution < 1.29 is 51.2 Å². The number of aryl methyl sites for hydroxylation is 12. The van der Waals surface area contributed by atoms with Crippen molar-refractivity contribution in [1.29, 1.82) is 0 Å². The van der Waals surface area contributed by atoms with E-state index < -0.39 is 41.1 Å². The highest BCUT2D eigenvalue weighted by molar-refractivity contribution is 6.27. The monoisotopic (exact) mass is 1980 g/mol. The smallest absolute Gasteiger partial charge is 0.143 e. The molecule has 0 saturated carbocycles. The lowest BCUT2D eigenvalue weighted by molar-refractivity contribution is 0.568. The SMILES string of the molecule is [2H]C([2H])([2H])c1cc(C)c(C(C)(C)C)c2oc3c(ccc4ccc5ccccc5c43)c12.[2H]C([2H])([2H])c1cc(C)c(C(C)(C)C)c2oc3c4ccc5ccccc5c4ccc3c12.[2H]C([2H])([2H])c1cc(C)c(C(C)(C)C)c2oc3c4ccccc4ccc3c12.[2H]C([2H])([2H])c1cc(C)c(C(C)(C)C)c2oc3cc4c(ccc5ccccc54)cc3c12.[2H]C([2H])([2H])c1cc(C)c(C(C)(C)C)c2oc3cc4ccccc4cc3c12.[2H]C([2H])([2H])c1cc(C)c(C(C)(C)C)c2oc3ccc4ccccc4c3c12. The molecular weight excluding hydrogens is 1830 g/mol. The highest BCUT2D eigenvalue weighted by Gasteiger charge is 2.34. The van der Waals surface area contributed by atoms with Crippen LogP contribution in [0.25, 0.3) is 229 Å². The average Bonchev–Trinajstić information content (AvgIpc) is 1.57. The summed E-state index contributed by atoms with van der Waals surface area (Å²) in [5.41, 5.74) is 22.0. The van der Waals surface area contributed by atoms with Crippen molar-refractivity contribution in [2.75, 3.05) is 0 Å². The molecule has 0 saturated heterocycles. The number of benzene rings is 21. The fourth-order valence-corrected chi connectivity index (χ4v) is 24.8. The topological polar surface area (TPSA) is 78.8 Å². The highest BCUT2D eigenvalue weighted by atomic mass is 16.4. The second-order valence-electron chi connectivity index (χ2n) is 47.6. The average molecular weight is 1980 g/mol. The van der Waals surface area contributed by atoms with Crippen LogP contribution in [0, 0.1) is 82.7 Å². The van der Waals surface area contributed by atoms with Gasteiger partial charge in [-0.05, 0) is 317 Å². The van der Waals surface area contributed by atoms with Crippen LogP contribution in [-0.4, -0.2) is 0 Å². The van der Waals surface area contributed by atoms with Crippen LogP contribution in [0.15, 0.2) is 318 Å². The molecular formula is C144H138O6. The Balaban J connectivity index is 0.000000111. The van der Waals surface area contributed by atoms with E-state index in [9.17, 15) is 0 Å². The van der Waals surface area contributed by atoms with Gasteiger partial charge in [-0.1, -0.05) is 361 Å². The Kier molecular flexibility index (Phi) is 19.3. The minimum atomic E-state index is -2.22. The van der Waals surface area contributed by atoms with Crippen LogP contribution in [0.1, 0.15) is 249 Å². The molecule has 0 aliphatic carbocycles. The van der Waals surface area contributed by atoms with Crippen LogP contribution < -0.4 is 0 Å². The van der Waals surface area contributed by atoms with Crippen molar-refractivity contribution in [2.45, 2.75) is 240 Å². The summed E-state index contributed by atoms with van der Waals surface area (Å²) in [5.74, 6) is 0. The molecule has 0 N–H and O–H groups in total. The van der Waals surface area contributed by atoms with Crippen LogP contribution in [0.3, 0.4) is 0 Å². The van der Waals surface area contributed by atoms with Crippen molar-refractivity contribution in [3.63, 3.8) is 0 Å². The molecule has 27 rings (SSSR count). The molecule has 27 aromatic rings. The molecule has 750 valence electrons. The largest absolute Gasteiger partial charge is 0.456 e. The van der Waals surface area contributed by atoms with Crippen molar-refractivity contribution in [1.82, 2.24) is 0 Å². The van der Waals surface area contributed by atoms with Gasteiger partial charge in [-0.3, -0.25) is 0 Å². The first-order valence-electron chi connectivity index (χ1n) is 61.1. The number of furan rings is 6. The van der Waals surface area contributed by atoms with Gasteiger partial charge in [0.05, 0.1) is 0 Å². The Labute approximate surface area is 905 Å². The third kappa shape index (κ3) is 16.9. The summed E-state index contributed by atoms with van der Waals surface area (Å²) in [7, 11) is 0. The summed E-state index contributed by atoms with van der Waals surface area (Å²) in [4.78, 5) is 0. The highest BCUT2D eigenvalue weighted by Crippen LogP contribution is 2.52. The first kappa shape index (κ1) is 79.9. The normalized spacial score (nSPS) is 14.9. The molecule has 0 unspecified atom stereocenters. The van der Waals surface area contributed by atoms with E-state index in [-0.39, 0.29) is 32.5 Å². The van der Waals surface area contributed by atoms with E-state index in [0.29, 0.717) is 66.9 Å². The maximum atomic E-state index is 8.18. The molecule has 6 heterocycles. The van der Waals surface area contributed by atoms with Gasteiger partial charge in [0, 0.05) is 139 Å². The zero-order valence-electron chi connectivity index (χ0n) is 108. The van der Waals surface area contributed by atoms with E-state index in [1.807, 2.05) is 236 Å².